The number of nitrogens with one attached hydrogen (secondary N) is 1. The highest BCUT2D eigenvalue weighted by atomic mass is 19.3. The molecule has 5 heterocycles. The first-order valence-electron chi connectivity index (χ1n) is 17.5. The Hall–Kier alpha value is -4.94. The van der Waals surface area contributed by atoms with Gasteiger partial charge in [0.1, 0.15) is 12.2 Å². The van der Waals surface area contributed by atoms with E-state index < -0.39 is 17.8 Å². The number of halogens is 2. The first-order valence-corrected chi connectivity index (χ1v) is 17.5. The lowest BCUT2D eigenvalue weighted by Gasteiger charge is -2.43. The molecule has 3 N–H and O–H groups in total. The molecule has 266 valence electrons. The molecule has 0 saturated carbocycles. The van der Waals surface area contributed by atoms with Crippen molar-refractivity contribution in [2.75, 3.05) is 32.5 Å². The molecule has 2 aliphatic carbocycles. The summed E-state index contributed by atoms with van der Waals surface area (Å²) in [7, 11) is 2.07. The van der Waals surface area contributed by atoms with E-state index in [0.717, 1.165) is 25.8 Å². The third kappa shape index (κ3) is 5.70. The second kappa shape index (κ2) is 12.7. The van der Waals surface area contributed by atoms with Crippen LogP contribution in [0.25, 0.3) is 17.3 Å². The number of nitriles is 1. The van der Waals surface area contributed by atoms with Crippen molar-refractivity contribution < 1.29 is 27.6 Å². The molecule has 51 heavy (non-hydrogen) atoms. The molecule has 13 nitrogen and oxygen atoms in total. The molecule has 3 aromatic heterocycles. The van der Waals surface area contributed by atoms with Crippen molar-refractivity contribution in [2.45, 2.75) is 87.8 Å². The number of nitrogens with zero attached hydrogens (tertiary/aromatic N) is 7. The molecule has 1 spiro atoms. The Balaban J connectivity index is 1.21. The van der Waals surface area contributed by atoms with E-state index in [0.29, 0.717) is 55.3 Å². The Morgan fingerprint density at radius 2 is 2.06 bits per heavy atom. The zero-order valence-corrected chi connectivity index (χ0v) is 28.5. The number of nitrogen functional groups attached to an aromatic ring is 1. The number of likely N-dealkylation sites (tertiary alicyclic amines) is 1. The third-order valence-electron chi connectivity index (χ3n) is 11.0. The molecule has 1 aromatic carbocycles. The van der Waals surface area contributed by atoms with Gasteiger partial charge < -0.3 is 25.0 Å². The molecular formula is C36H39F2N9O4. The number of nitrogens with two attached hydrogens (primary N) is 1. The van der Waals surface area contributed by atoms with Crippen molar-refractivity contribution in [2.24, 2.45) is 0 Å². The van der Waals surface area contributed by atoms with E-state index in [1.54, 1.807) is 18.3 Å². The molecule has 0 bridgehead atoms. The van der Waals surface area contributed by atoms with E-state index in [4.69, 9.17) is 29.7 Å². The molecule has 2 fully saturated rings. The lowest BCUT2D eigenvalue weighted by molar-refractivity contribution is -0.0333. The highest BCUT2D eigenvalue weighted by Gasteiger charge is 2.54. The minimum Gasteiger partial charge on any atom is -0.473 e. The maximum absolute atomic E-state index is 15.4. The van der Waals surface area contributed by atoms with Crippen molar-refractivity contribution >= 4 is 11.6 Å². The number of ether oxygens (including phenoxy) is 2. The number of anilines is 1. The number of carbonyl (C=O) groups excluding carboxylic acids is 1. The minimum absolute atomic E-state index is 0.0384. The molecule has 4 atom stereocenters. The average molecular weight is 700 g/mol. The Kier molecular flexibility index (Phi) is 8.26. The molecule has 2 saturated heterocycles. The predicted octanol–water partition coefficient (Wildman–Crippen LogP) is 4.66. The van der Waals surface area contributed by atoms with Crippen LogP contribution in [0.1, 0.15) is 90.4 Å². The number of likely N-dealkylation sites (N-methyl/N-ethyl adjacent to an activating group) is 1. The second-order valence-electron chi connectivity index (χ2n) is 14.1. The smallest absolute Gasteiger partial charge is 0.273 e. The first-order chi connectivity index (χ1) is 24.6. The standard InChI is InChI=1S/C36H39F2N9O4/c1-20(27-6-4-14-46(27)2)50-29-17-28(47-15-9-26(44-47)34(48)41-21-10-16-49-19-21)42-33(43-29)31-22-5-3-11-35(32(22)51-45-31)12-13-36(37,38)24-7-8-25(40)23(18-39)30(24)35/h7-9,15,17,20-21,27H,3-6,10-14,16,19,40H2,1-2H3,(H,41,48)/t20-,21-,27-,35-/m0/s1. The van der Waals surface area contributed by atoms with E-state index in [1.165, 1.54) is 16.8 Å². The van der Waals surface area contributed by atoms with Gasteiger partial charge >= 0.3 is 0 Å². The molecule has 15 heteroatoms. The highest BCUT2D eigenvalue weighted by molar-refractivity contribution is 5.92. The Labute approximate surface area is 293 Å². The molecule has 1 amide bonds. The van der Waals surface area contributed by atoms with Crippen molar-refractivity contribution in [3.63, 3.8) is 0 Å². The van der Waals surface area contributed by atoms with Crippen LogP contribution in [0.2, 0.25) is 0 Å². The maximum Gasteiger partial charge on any atom is 0.273 e. The summed E-state index contributed by atoms with van der Waals surface area (Å²) in [5.74, 6) is -2.19. The molecule has 4 aromatic rings. The van der Waals surface area contributed by atoms with E-state index in [-0.39, 0.29) is 70.3 Å². The minimum atomic E-state index is -3.13. The van der Waals surface area contributed by atoms with E-state index >= 15 is 8.78 Å². The SMILES string of the molecule is C[C@H](Oc1cc(-n2ccc(C(=O)N[C@H]3CCOC3)n2)nc(-c2noc3c2CCC[C@@]32CCC(F)(F)c3ccc(N)c(C#N)c32)n1)[C@@H]1CCCN1C. The lowest BCUT2D eigenvalue weighted by atomic mass is 9.60. The van der Waals surface area contributed by atoms with Crippen molar-refractivity contribution in [3.05, 3.63) is 64.2 Å². The average Bonchev–Trinajstić information content (AvgIpc) is 3.94. The van der Waals surface area contributed by atoms with Crippen LogP contribution in [-0.4, -0.2) is 80.7 Å². The number of rotatable bonds is 7. The fourth-order valence-electron chi connectivity index (χ4n) is 8.40. The van der Waals surface area contributed by atoms with Gasteiger partial charge in [-0.2, -0.15) is 15.3 Å². The number of alkyl halides is 2. The number of aromatic nitrogens is 5. The quantitative estimate of drug-likeness (QED) is 0.257. The number of carbonyl (C=O) groups is 1. The van der Waals surface area contributed by atoms with Crippen LogP contribution in [-0.2, 0) is 22.5 Å². The molecule has 2 aliphatic heterocycles. The Morgan fingerprint density at radius 1 is 1.20 bits per heavy atom. The van der Waals surface area contributed by atoms with Gasteiger partial charge in [0.05, 0.1) is 23.6 Å². The Morgan fingerprint density at radius 3 is 2.82 bits per heavy atom. The van der Waals surface area contributed by atoms with Crippen molar-refractivity contribution in [1.29, 1.82) is 5.26 Å². The molecule has 0 unspecified atom stereocenters. The van der Waals surface area contributed by atoms with Gasteiger partial charge in [0.25, 0.3) is 11.8 Å². The molecular weight excluding hydrogens is 660 g/mol. The molecule has 0 radical (unpaired) electrons. The highest BCUT2D eigenvalue weighted by Crippen LogP contribution is 2.57. The van der Waals surface area contributed by atoms with Crippen LogP contribution in [0.3, 0.4) is 0 Å². The topological polar surface area (TPSA) is 170 Å². The summed E-state index contributed by atoms with van der Waals surface area (Å²) in [4.78, 5) is 24.9. The lowest BCUT2D eigenvalue weighted by Crippen LogP contribution is -2.40. The summed E-state index contributed by atoms with van der Waals surface area (Å²) in [6.07, 6.45) is 5.53. The monoisotopic (exact) mass is 699 g/mol. The summed E-state index contributed by atoms with van der Waals surface area (Å²) < 4.78 is 50.2. The fraction of sp³-hybridized carbons (Fsp3) is 0.500. The van der Waals surface area contributed by atoms with Gasteiger partial charge in [-0.1, -0.05) is 11.2 Å². The van der Waals surface area contributed by atoms with Gasteiger partial charge in [0.15, 0.2) is 28.8 Å². The number of fused-ring (bicyclic) bond motifs is 4. The fourth-order valence-corrected chi connectivity index (χ4v) is 8.40. The third-order valence-corrected chi connectivity index (χ3v) is 11.0. The summed E-state index contributed by atoms with van der Waals surface area (Å²) >= 11 is 0. The summed E-state index contributed by atoms with van der Waals surface area (Å²) in [5, 5.41) is 22.1. The van der Waals surface area contributed by atoms with Crippen LogP contribution in [0, 0.1) is 11.3 Å². The maximum atomic E-state index is 15.4. The van der Waals surface area contributed by atoms with Gasteiger partial charge in [0.2, 0.25) is 5.88 Å². The van der Waals surface area contributed by atoms with Gasteiger partial charge in [-0.15, -0.1) is 0 Å². The summed E-state index contributed by atoms with van der Waals surface area (Å²) in [6, 6.07) is 8.20. The predicted molar refractivity (Wildman–Crippen MR) is 179 cm³/mol. The van der Waals surface area contributed by atoms with Crippen LogP contribution in [0.5, 0.6) is 5.88 Å². The second-order valence-corrected chi connectivity index (χ2v) is 14.1. The number of hydrogen-bond acceptors (Lipinski definition) is 11. The van der Waals surface area contributed by atoms with E-state index in [1.807, 2.05) is 6.92 Å². The van der Waals surface area contributed by atoms with Crippen LogP contribution in [0.4, 0.5) is 14.5 Å². The van der Waals surface area contributed by atoms with Gasteiger partial charge in [0, 0.05) is 48.1 Å². The summed E-state index contributed by atoms with van der Waals surface area (Å²) in [6.45, 7) is 4.04. The molecule has 4 aliphatic rings. The first kappa shape index (κ1) is 33.2. The van der Waals surface area contributed by atoms with Gasteiger partial charge in [-0.25, -0.2) is 18.4 Å². The zero-order chi connectivity index (χ0) is 35.5. The summed E-state index contributed by atoms with van der Waals surface area (Å²) in [5.41, 5.74) is 6.63. The van der Waals surface area contributed by atoms with Gasteiger partial charge in [-0.3, -0.25) is 9.69 Å². The Bertz CT molecular complexity index is 2030. The van der Waals surface area contributed by atoms with Crippen molar-refractivity contribution in [1.82, 2.24) is 35.1 Å². The number of benzene rings is 1. The number of hydrogen-bond donors (Lipinski definition) is 2. The van der Waals surface area contributed by atoms with E-state index in [2.05, 4.69) is 33.6 Å². The molecule has 8 rings (SSSR count). The normalized spacial score (nSPS) is 24.5. The van der Waals surface area contributed by atoms with Crippen LogP contribution >= 0.6 is 0 Å². The number of amides is 1. The van der Waals surface area contributed by atoms with Crippen LogP contribution < -0.4 is 15.8 Å². The largest absolute Gasteiger partial charge is 0.473 e. The van der Waals surface area contributed by atoms with Crippen molar-refractivity contribution in [3.8, 4) is 29.3 Å². The van der Waals surface area contributed by atoms with Crippen LogP contribution in [0.15, 0.2) is 35.0 Å². The zero-order valence-electron chi connectivity index (χ0n) is 28.5. The van der Waals surface area contributed by atoms with Gasteiger partial charge in [-0.05, 0) is 83.2 Å². The van der Waals surface area contributed by atoms with E-state index in [9.17, 15) is 10.1 Å².